The van der Waals surface area contributed by atoms with Gasteiger partial charge < -0.3 is 4.74 Å². The van der Waals surface area contributed by atoms with Crippen molar-refractivity contribution in [1.29, 1.82) is 0 Å². The molecule has 0 bridgehead atoms. The first-order valence-corrected chi connectivity index (χ1v) is 8.14. The number of aromatic amines is 1. The summed E-state index contributed by atoms with van der Waals surface area (Å²) < 4.78 is 5.65. The number of rotatable bonds is 8. The number of benzene rings is 1. The molecule has 8 heteroatoms. The zero-order chi connectivity index (χ0) is 18.0. The Morgan fingerprint density at radius 1 is 1.08 bits per heavy atom. The van der Waals surface area contributed by atoms with E-state index in [0.29, 0.717) is 19.4 Å². The maximum atomic E-state index is 11.7. The molecule has 1 amide bonds. The van der Waals surface area contributed by atoms with Gasteiger partial charge in [0.1, 0.15) is 5.75 Å². The molecule has 0 unspecified atom stereocenters. The molecule has 2 N–H and O–H groups in total. The number of nitrogens with zero attached hydrogens (tertiary/aromatic N) is 4. The molecule has 3 rings (SSSR count). The maximum Gasteiger partial charge on any atom is 0.269 e. The van der Waals surface area contributed by atoms with Crippen molar-refractivity contribution in [3.05, 3.63) is 59.9 Å². The Morgan fingerprint density at radius 2 is 1.81 bits per heavy atom. The quantitative estimate of drug-likeness (QED) is 0.605. The van der Waals surface area contributed by atoms with Crippen LogP contribution in [0.1, 0.15) is 24.0 Å². The summed E-state index contributed by atoms with van der Waals surface area (Å²) in [5.74, 6) is 0.766. The number of hydrogen-bond acceptors (Lipinski definition) is 6. The molecule has 26 heavy (non-hydrogen) atoms. The maximum absolute atomic E-state index is 11.7. The van der Waals surface area contributed by atoms with Crippen LogP contribution in [-0.4, -0.2) is 38.1 Å². The Morgan fingerprint density at radius 3 is 2.50 bits per heavy atom. The second-order valence-electron chi connectivity index (χ2n) is 5.42. The highest BCUT2D eigenvalue weighted by atomic mass is 16.5. The molecule has 0 atom stereocenters. The van der Waals surface area contributed by atoms with Crippen molar-refractivity contribution >= 4 is 24.0 Å². The highest BCUT2D eigenvalue weighted by Crippen LogP contribution is 2.15. The highest BCUT2D eigenvalue weighted by Gasteiger charge is 2.05. The van der Waals surface area contributed by atoms with Gasteiger partial charge >= 0.3 is 0 Å². The van der Waals surface area contributed by atoms with E-state index in [1.54, 1.807) is 12.4 Å². The molecule has 3 aromatic rings. The molecular weight excluding hydrogens is 332 g/mol. The average molecular weight is 350 g/mol. The van der Waals surface area contributed by atoms with Crippen LogP contribution >= 0.6 is 0 Å². The first-order chi connectivity index (χ1) is 12.8. The van der Waals surface area contributed by atoms with Gasteiger partial charge in [0, 0.05) is 18.8 Å². The van der Waals surface area contributed by atoms with Gasteiger partial charge in [-0.2, -0.15) is 5.21 Å². The Bertz CT molecular complexity index is 832. The number of carbonyl (C=O) groups is 1. The zero-order valence-electron chi connectivity index (χ0n) is 14.0. The van der Waals surface area contributed by atoms with E-state index in [4.69, 9.17) is 4.74 Å². The molecule has 132 valence electrons. The van der Waals surface area contributed by atoms with Gasteiger partial charge in [-0.15, -0.1) is 5.10 Å². The molecule has 1 aromatic carbocycles. The third kappa shape index (κ3) is 5.52. The Labute approximate surface area is 150 Å². The number of amides is 1. The molecule has 8 nitrogen and oxygen atoms in total. The number of anilines is 1. The molecular formula is C18H18N6O2. The molecule has 0 saturated carbocycles. The minimum atomic E-state index is -0.174. The van der Waals surface area contributed by atoms with Gasteiger partial charge in [0.25, 0.3) is 5.95 Å². The Kier molecular flexibility index (Phi) is 6.03. The normalized spacial score (nSPS) is 10.8. The van der Waals surface area contributed by atoms with E-state index in [0.717, 1.165) is 16.9 Å². The molecule has 0 aliphatic carbocycles. The Balaban J connectivity index is 1.39. The van der Waals surface area contributed by atoms with E-state index in [-0.39, 0.29) is 11.9 Å². The largest absolute Gasteiger partial charge is 0.494 e. The topological polar surface area (TPSA) is 106 Å². The lowest BCUT2D eigenvalue weighted by atomic mass is 10.1. The van der Waals surface area contributed by atoms with Crippen LogP contribution in [0.2, 0.25) is 0 Å². The zero-order valence-corrected chi connectivity index (χ0v) is 14.0. The SMILES string of the molecule is O=C(CCCOc1ccc(/C=C/c2ccncc2)cc1)Nc1nn[nH]n1. The van der Waals surface area contributed by atoms with Crippen molar-refractivity contribution in [2.75, 3.05) is 11.9 Å². The minimum absolute atomic E-state index is 0.173. The smallest absolute Gasteiger partial charge is 0.269 e. The predicted octanol–water partition coefficient (Wildman–Crippen LogP) is 2.56. The van der Waals surface area contributed by atoms with Crippen molar-refractivity contribution < 1.29 is 9.53 Å². The van der Waals surface area contributed by atoms with Gasteiger partial charge in [0.2, 0.25) is 5.91 Å². The van der Waals surface area contributed by atoms with Gasteiger partial charge in [0.15, 0.2) is 0 Å². The number of hydrogen-bond donors (Lipinski definition) is 2. The molecule has 2 aromatic heterocycles. The lowest BCUT2D eigenvalue weighted by molar-refractivity contribution is -0.116. The van der Waals surface area contributed by atoms with E-state index < -0.39 is 0 Å². The van der Waals surface area contributed by atoms with E-state index in [1.165, 1.54) is 0 Å². The van der Waals surface area contributed by atoms with Crippen molar-refractivity contribution in [3.63, 3.8) is 0 Å². The van der Waals surface area contributed by atoms with E-state index in [9.17, 15) is 4.79 Å². The van der Waals surface area contributed by atoms with Gasteiger partial charge in [-0.1, -0.05) is 29.4 Å². The van der Waals surface area contributed by atoms with Crippen molar-refractivity contribution in [1.82, 2.24) is 25.6 Å². The molecule has 0 aliphatic heterocycles. The van der Waals surface area contributed by atoms with E-state index >= 15 is 0 Å². The molecule has 0 fully saturated rings. The molecule has 0 spiro atoms. The van der Waals surface area contributed by atoms with Gasteiger partial charge in [-0.05, 0) is 47.0 Å². The van der Waals surface area contributed by atoms with Gasteiger partial charge in [-0.25, -0.2) is 0 Å². The van der Waals surface area contributed by atoms with Crippen LogP contribution in [0, 0.1) is 0 Å². The number of ether oxygens (including phenoxy) is 1. The van der Waals surface area contributed by atoms with Crippen molar-refractivity contribution in [3.8, 4) is 5.75 Å². The van der Waals surface area contributed by atoms with Crippen LogP contribution in [0.4, 0.5) is 5.95 Å². The van der Waals surface area contributed by atoms with E-state index in [1.807, 2.05) is 48.6 Å². The third-order valence-corrected chi connectivity index (χ3v) is 3.47. The monoisotopic (exact) mass is 350 g/mol. The van der Waals surface area contributed by atoms with Crippen molar-refractivity contribution in [2.45, 2.75) is 12.8 Å². The Hall–Kier alpha value is -3.55. The number of carbonyl (C=O) groups excluding carboxylic acids is 1. The summed E-state index contributed by atoms with van der Waals surface area (Å²) in [7, 11) is 0. The second kappa shape index (κ2) is 9.07. The van der Waals surface area contributed by atoms with E-state index in [2.05, 4.69) is 30.9 Å². The number of pyridine rings is 1. The van der Waals surface area contributed by atoms with Crippen LogP contribution in [0.3, 0.4) is 0 Å². The van der Waals surface area contributed by atoms with Crippen molar-refractivity contribution in [2.24, 2.45) is 0 Å². The number of H-pyrrole nitrogens is 1. The standard InChI is InChI=1S/C18H18N6O2/c25-17(20-18-21-23-24-22-18)2-1-13-26-16-7-5-14(6-8-16)3-4-15-9-11-19-12-10-15/h3-12H,1-2,13H2,(H2,20,21,22,23,24,25)/b4-3+. The van der Waals surface area contributed by atoms with Gasteiger partial charge in [0.05, 0.1) is 6.61 Å². The second-order valence-corrected chi connectivity index (χ2v) is 5.42. The lowest BCUT2D eigenvalue weighted by Gasteiger charge is -2.06. The highest BCUT2D eigenvalue weighted by molar-refractivity contribution is 5.88. The molecule has 0 radical (unpaired) electrons. The summed E-state index contributed by atoms with van der Waals surface area (Å²) in [6.07, 6.45) is 8.49. The summed E-state index contributed by atoms with van der Waals surface area (Å²) in [4.78, 5) is 15.6. The van der Waals surface area contributed by atoms with Crippen LogP contribution < -0.4 is 10.1 Å². The lowest BCUT2D eigenvalue weighted by Crippen LogP contribution is -2.13. The van der Waals surface area contributed by atoms with Crippen LogP contribution in [-0.2, 0) is 4.79 Å². The minimum Gasteiger partial charge on any atom is -0.494 e. The first kappa shape index (κ1) is 17.3. The van der Waals surface area contributed by atoms with Crippen LogP contribution in [0.5, 0.6) is 5.75 Å². The molecule has 0 aliphatic rings. The fourth-order valence-corrected chi connectivity index (χ4v) is 2.17. The van der Waals surface area contributed by atoms with Crippen LogP contribution in [0.25, 0.3) is 12.2 Å². The fourth-order valence-electron chi connectivity index (χ4n) is 2.17. The summed E-state index contributed by atoms with van der Waals surface area (Å²) in [5.41, 5.74) is 2.17. The third-order valence-electron chi connectivity index (χ3n) is 3.47. The fraction of sp³-hybridized carbons (Fsp3) is 0.167. The number of tetrazole rings is 1. The van der Waals surface area contributed by atoms with Crippen LogP contribution in [0.15, 0.2) is 48.8 Å². The predicted molar refractivity (Wildman–Crippen MR) is 97.1 cm³/mol. The molecule has 2 heterocycles. The summed E-state index contributed by atoms with van der Waals surface area (Å²) in [6, 6.07) is 11.7. The first-order valence-electron chi connectivity index (χ1n) is 8.14. The summed E-state index contributed by atoms with van der Waals surface area (Å²) in [5, 5.41) is 15.5. The molecule has 0 saturated heterocycles. The summed E-state index contributed by atoms with van der Waals surface area (Å²) in [6.45, 7) is 0.450. The number of aromatic nitrogens is 5. The average Bonchev–Trinajstić information content (AvgIpc) is 3.18. The summed E-state index contributed by atoms with van der Waals surface area (Å²) >= 11 is 0. The number of nitrogens with one attached hydrogen (secondary N) is 2. The van der Waals surface area contributed by atoms with Gasteiger partial charge in [-0.3, -0.25) is 15.1 Å².